The zero-order valence-corrected chi connectivity index (χ0v) is 17.0. The van der Waals surface area contributed by atoms with Crippen LogP contribution >= 0.6 is 11.6 Å². The summed E-state index contributed by atoms with van der Waals surface area (Å²) in [5, 5.41) is 5.40. The molecule has 1 saturated carbocycles. The lowest BCUT2D eigenvalue weighted by molar-refractivity contribution is -0.117. The summed E-state index contributed by atoms with van der Waals surface area (Å²) < 4.78 is 15.2. The van der Waals surface area contributed by atoms with E-state index in [0.717, 1.165) is 19.3 Å². The minimum Gasteiger partial charge on any atom is -0.344 e. The van der Waals surface area contributed by atoms with Crippen molar-refractivity contribution in [3.05, 3.63) is 51.6 Å². The predicted octanol–water partition coefficient (Wildman–Crippen LogP) is 3.64. The molecule has 0 radical (unpaired) electrons. The molecule has 0 bridgehead atoms. The molecule has 1 aliphatic heterocycles. The molecule has 2 heterocycles. The largest absolute Gasteiger partial charge is 0.344 e. The number of rotatable bonds is 5. The average molecular weight is 418 g/mol. The van der Waals surface area contributed by atoms with Crippen LogP contribution in [0, 0.1) is 12.7 Å². The number of amides is 2. The fourth-order valence-corrected chi connectivity index (χ4v) is 4.01. The minimum atomic E-state index is -0.634. The van der Waals surface area contributed by atoms with Crippen LogP contribution in [0.2, 0.25) is 5.02 Å². The van der Waals surface area contributed by atoms with Crippen molar-refractivity contribution in [2.75, 3.05) is 5.32 Å². The highest BCUT2D eigenvalue weighted by atomic mass is 35.5. The zero-order chi connectivity index (χ0) is 20.9. The third-order valence-electron chi connectivity index (χ3n) is 5.65. The van der Waals surface area contributed by atoms with Gasteiger partial charge in [-0.2, -0.15) is 0 Å². The normalized spacial score (nSPS) is 16.3. The van der Waals surface area contributed by atoms with Crippen LogP contribution in [-0.2, 0) is 17.8 Å². The lowest BCUT2D eigenvalue weighted by atomic mass is 10.0. The Kier molecular flexibility index (Phi) is 4.73. The van der Waals surface area contributed by atoms with E-state index in [0.29, 0.717) is 41.2 Å². The summed E-state index contributed by atoms with van der Waals surface area (Å²) in [5.74, 6) is -2.24. The molecule has 0 spiro atoms. The number of aromatic nitrogens is 1. The number of fused-ring (bicyclic) bond motifs is 1. The molecule has 8 heteroatoms. The smallest absolute Gasteiger partial charge is 0.292 e. The highest BCUT2D eigenvalue weighted by Crippen LogP contribution is 2.35. The summed E-state index contributed by atoms with van der Waals surface area (Å²) in [4.78, 5) is 38.3. The first kappa shape index (κ1) is 19.6. The van der Waals surface area contributed by atoms with Gasteiger partial charge in [-0.05, 0) is 63.3 Å². The van der Waals surface area contributed by atoms with Gasteiger partial charge < -0.3 is 15.2 Å². The van der Waals surface area contributed by atoms with Crippen LogP contribution in [-0.4, -0.2) is 27.7 Å². The maximum absolute atomic E-state index is 13.4. The van der Waals surface area contributed by atoms with E-state index in [2.05, 4.69) is 10.6 Å². The molecule has 0 saturated heterocycles. The van der Waals surface area contributed by atoms with Gasteiger partial charge in [0.1, 0.15) is 11.5 Å². The van der Waals surface area contributed by atoms with E-state index in [-0.39, 0.29) is 10.6 Å². The zero-order valence-electron chi connectivity index (χ0n) is 16.2. The van der Waals surface area contributed by atoms with Crippen molar-refractivity contribution >= 4 is 34.9 Å². The second-order valence-electron chi connectivity index (χ2n) is 7.98. The van der Waals surface area contributed by atoms with Crippen LogP contribution < -0.4 is 10.6 Å². The molecular weight excluding hydrogens is 397 g/mol. The van der Waals surface area contributed by atoms with Gasteiger partial charge >= 0.3 is 0 Å². The van der Waals surface area contributed by atoms with Gasteiger partial charge in [-0.1, -0.05) is 11.6 Å². The number of carbonyl (C=O) groups is 3. The second-order valence-corrected chi connectivity index (χ2v) is 8.38. The number of hydrogen-bond donors (Lipinski definition) is 2. The number of anilines is 1. The Balaban J connectivity index is 1.65. The van der Waals surface area contributed by atoms with Gasteiger partial charge in [0.05, 0.1) is 10.6 Å². The van der Waals surface area contributed by atoms with Gasteiger partial charge in [0, 0.05) is 23.5 Å². The third kappa shape index (κ3) is 3.55. The lowest BCUT2D eigenvalue weighted by Crippen LogP contribution is -2.39. The number of carbonyl (C=O) groups excluding carboxylic acids is 3. The first-order chi connectivity index (χ1) is 13.7. The molecule has 1 aromatic carbocycles. The molecule has 0 atom stereocenters. The first-order valence-electron chi connectivity index (χ1n) is 9.55. The Bertz CT molecular complexity index is 1060. The Morgan fingerprint density at radius 3 is 2.62 bits per heavy atom. The van der Waals surface area contributed by atoms with Crippen LogP contribution in [0.4, 0.5) is 10.1 Å². The fraction of sp³-hybridized carbons (Fsp3) is 0.381. The average Bonchev–Trinajstić information content (AvgIpc) is 3.08. The van der Waals surface area contributed by atoms with E-state index in [1.165, 1.54) is 18.2 Å². The molecule has 6 nitrogen and oxygen atoms in total. The van der Waals surface area contributed by atoms with Crippen LogP contribution in [0.3, 0.4) is 0 Å². The van der Waals surface area contributed by atoms with E-state index in [9.17, 15) is 18.8 Å². The Morgan fingerprint density at radius 2 is 1.97 bits per heavy atom. The van der Waals surface area contributed by atoms with Gasteiger partial charge in [0.15, 0.2) is 0 Å². The SMILES string of the molecule is Cc1c(C(=O)C(=O)NC2(C)CC2)c2n(c1C(=O)Nc1ccc(F)c(Cl)c1)CCC2. The quantitative estimate of drug-likeness (QED) is 0.575. The molecule has 1 fully saturated rings. The number of nitrogens with one attached hydrogen (secondary N) is 2. The second kappa shape index (κ2) is 6.99. The molecule has 2 amide bonds. The Labute approximate surface area is 172 Å². The maximum Gasteiger partial charge on any atom is 0.292 e. The predicted molar refractivity (Wildman–Crippen MR) is 107 cm³/mol. The van der Waals surface area contributed by atoms with Crippen molar-refractivity contribution < 1.29 is 18.8 Å². The lowest BCUT2D eigenvalue weighted by Gasteiger charge is -2.11. The number of Topliss-reactive ketones (excluding diaryl/α,β-unsaturated/α-hetero) is 1. The number of nitrogens with zero attached hydrogens (tertiary/aromatic N) is 1. The number of halogens is 2. The molecule has 152 valence electrons. The van der Waals surface area contributed by atoms with E-state index in [4.69, 9.17) is 11.6 Å². The summed E-state index contributed by atoms with van der Waals surface area (Å²) in [7, 11) is 0. The number of benzene rings is 1. The molecule has 0 unspecified atom stereocenters. The summed E-state index contributed by atoms with van der Waals surface area (Å²) in [6.45, 7) is 4.18. The molecule has 2 aromatic rings. The van der Waals surface area contributed by atoms with Crippen LogP contribution in [0.5, 0.6) is 0 Å². The first-order valence-corrected chi connectivity index (χ1v) is 9.93. The topological polar surface area (TPSA) is 80.2 Å². The van der Waals surface area contributed by atoms with Crippen molar-refractivity contribution in [3.8, 4) is 0 Å². The van der Waals surface area contributed by atoms with E-state index in [1.54, 1.807) is 11.5 Å². The Hall–Kier alpha value is -2.67. The van der Waals surface area contributed by atoms with Crippen LogP contribution in [0.15, 0.2) is 18.2 Å². The molecule has 2 N–H and O–H groups in total. The van der Waals surface area contributed by atoms with E-state index in [1.807, 2.05) is 6.92 Å². The highest BCUT2D eigenvalue weighted by Gasteiger charge is 2.41. The summed E-state index contributed by atoms with van der Waals surface area (Å²) in [5.41, 5.74) is 1.89. The molecule has 2 aliphatic rings. The number of ketones is 1. The van der Waals surface area contributed by atoms with E-state index < -0.39 is 23.4 Å². The summed E-state index contributed by atoms with van der Waals surface area (Å²) in [6, 6.07) is 3.91. The van der Waals surface area contributed by atoms with Gasteiger partial charge in [-0.3, -0.25) is 14.4 Å². The molecular formula is C21H21ClFN3O3. The minimum absolute atomic E-state index is 0.0963. The maximum atomic E-state index is 13.4. The Morgan fingerprint density at radius 1 is 1.24 bits per heavy atom. The van der Waals surface area contributed by atoms with Gasteiger partial charge in [0.25, 0.3) is 17.6 Å². The number of hydrogen-bond acceptors (Lipinski definition) is 3. The fourth-order valence-electron chi connectivity index (χ4n) is 3.83. The monoisotopic (exact) mass is 417 g/mol. The van der Waals surface area contributed by atoms with Crippen molar-refractivity contribution in [2.24, 2.45) is 0 Å². The highest BCUT2D eigenvalue weighted by molar-refractivity contribution is 6.44. The summed E-state index contributed by atoms with van der Waals surface area (Å²) in [6.07, 6.45) is 3.12. The standard InChI is InChI=1S/C21H21ClFN3O3/c1-11-16(18(27)20(29)25-21(2)7-8-21)15-4-3-9-26(15)17(11)19(28)24-12-5-6-14(23)13(22)10-12/h5-6,10H,3-4,7-9H2,1-2H3,(H,24,28)(H,25,29). The molecule has 29 heavy (non-hydrogen) atoms. The van der Waals surface area contributed by atoms with Crippen molar-refractivity contribution in [3.63, 3.8) is 0 Å². The molecule has 4 rings (SSSR count). The van der Waals surface area contributed by atoms with Crippen LogP contribution in [0.25, 0.3) is 0 Å². The van der Waals surface area contributed by atoms with Crippen molar-refractivity contribution in [2.45, 2.75) is 51.6 Å². The van der Waals surface area contributed by atoms with E-state index >= 15 is 0 Å². The van der Waals surface area contributed by atoms with Crippen molar-refractivity contribution in [1.82, 2.24) is 9.88 Å². The van der Waals surface area contributed by atoms with Gasteiger partial charge in [-0.15, -0.1) is 0 Å². The molecule has 1 aliphatic carbocycles. The summed E-state index contributed by atoms with van der Waals surface area (Å²) >= 11 is 5.79. The third-order valence-corrected chi connectivity index (χ3v) is 5.94. The van der Waals surface area contributed by atoms with Gasteiger partial charge in [0.2, 0.25) is 0 Å². The van der Waals surface area contributed by atoms with Gasteiger partial charge in [-0.25, -0.2) is 4.39 Å². The van der Waals surface area contributed by atoms with Crippen LogP contribution in [0.1, 0.15) is 58.3 Å². The van der Waals surface area contributed by atoms with Crippen molar-refractivity contribution in [1.29, 1.82) is 0 Å². The molecule has 1 aromatic heterocycles.